The van der Waals surface area contributed by atoms with Crippen molar-refractivity contribution < 1.29 is 10.2 Å². The van der Waals surface area contributed by atoms with Gasteiger partial charge in [-0.05, 0) is 32.7 Å². The van der Waals surface area contributed by atoms with Crippen molar-refractivity contribution in [3.8, 4) is 11.5 Å². The van der Waals surface area contributed by atoms with Crippen LogP contribution < -0.4 is 10.2 Å². The van der Waals surface area contributed by atoms with Crippen LogP contribution in [0.1, 0.15) is 54.7 Å². The first-order valence-corrected chi connectivity index (χ1v) is 10.3. The first-order valence-electron chi connectivity index (χ1n) is 10.3. The molecule has 0 bridgehead atoms. The average molecular weight is 527 g/mol. The van der Waals surface area contributed by atoms with E-state index in [2.05, 4.69) is 23.8 Å². The summed E-state index contributed by atoms with van der Waals surface area (Å²) in [5, 5.41) is 28.5. The Balaban J connectivity index is -0.00000193. The Kier molecular flexibility index (Phi) is 17.9. The van der Waals surface area contributed by atoms with E-state index in [9.17, 15) is 10.2 Å². The summed E-state index contributed by atoms with van der Waals surface area (Å²) in [6.07, 6.45) is 3.30. The van der Waals surface area contributed by atoms with Gasteiger partial charge in [0.2, 0.25) is 0 Å². The monoisotopic (exact) mass is 526 g/mol. The minimum atomic E-state index is -0.202. The van der Waals surface area contributed by atoms with Gasteiger partial charge in [0.15, 0.2) is 0 Å². The van der Waals surface area contributed by atoms with Crippen LogP contribution in [0.3, 0.4) is 0 Å². The molecule has 0 aromatic heterocycles. The van der Waals surface area contributed by atoms with Crippen molar-refractivity contribution in [2.24, 2.45) is 15.4 Å². The topological polar surface area (TPSA) is 70.8 Å². The van der Waals surface area contributed by atoms with Crippen LogP contribution in [0.15, 0.2) is 82.8 Å². The van der Waals surface area contributed by atoms with Crippen molar-refractivity contribution in [1.82, 2.24) is 0 Å². The SMILES string of the molecule is C.C.C.C.CC(C)(CN=Cc1ccc2ccccc2c1[O-])CN=Cc1ccc2ccccc2c1[O-].[Al+3].[Al+3]. The molecule has 0 saturated heterocycles. The molecule has 0 spiro atoms. The largest absolute Gasteiger partial charge is 3.00 e. The molecule has 6 heteroatoms. The van der Waals surface area contributed by atoms with E-state index < -0.39 is 0 Å². The zero-order valence-corrected chi connectivity index (χ0v) is 21.2. The van der Waals surface area contributed by atoms with Crippen molar-refractivity contribution in [1.29, 1.82) is 0 Å². The summed E-state index contributed by atoms with van der Waals surface area (Å²) in [5.74, 6) is -0.00564. The normalized spacial score (nSPS) is 10.4. The van der Waals surface area contributed by atoms with Gasteiger partial charge in [-0.15, -0.1) is 0 Å². The van der Waals surface area contributed by atoms with Crippen molar-refractivity contribution in [3.05, 3.63) is 83.9 Å². The van der Waals surface area contributed by atoms with Crippen molar-refractivity contribution >= 4 is 68.7 Å². The molecule has 0 aliphatic carbocycles. The van der Waals surface area contributed by atoms with Gasteiger partial charge in [-0.1, -0.05) is 128 Å². The Bertz CT molecular complexity index is 1200. The number of hydrogen-bond acceptors (Lipinski definition) is 4. The second-order valence-corrected chi connectivity index (χ2v) is 8.51. The third-order valence-corrected chi connectivity index (χ3v) is 5.32. The van der Waals surface area contributed by atoms with Gasteiger partial charge in [0.25, 0.3) is 0 Å². The summed E-state index contributed by atoms with van der Waals surface area (Å²) in [5.41, 5.74) is 0.975. The molecular weight excluding hydrogens is 486 g/mol. The summed E-state index contributed by atoms with van der Waals surface area (Å²) >= 11 is 0. The smallest absolute Gasteiger partial charge is 0.872 e. The number of benzene rings is 4. The summed E-state index contributed by atoms with van der Waals surface area (Å²) in [6, 6.07) is 22.6. The number of nitrogens with zero attached hydrogens (tertiary/aromatic N) is 2. The number of rotatable bonds is 6. The molecule has 4 aromatic carbocycles. The maximum Gasteiger partial charge on any atom is 3.00 e. The van der Waals surface area contributed by atoms with Crippen LogP contribution in [0, 0.1) is 5.41 Å². The Hall–Kier alpha value is -2.60. The van der Waals surface area contributed by atoms with Gasteiger partial charge in [-0.2, -0.15) is 0 Å². The van der Waals surface area contributed by atoms with Crippen LogP contribution in [0.5, 0.6) is 11.5 Å². The first-order chi connectivity index (χ1) is 14.9. The molecule has 0 heterocycles. The third kappa shape index (κ3) is 9.34. The summed E-state index contributed by atoms with van der Waals surface area (Å²) in [6.45, 7) is 5.19. The molecule has 37 heavy (non-hydrogen) atoms. The third-order valence-electron chi connectivity index (χ3n) is 5.32. The molecule has 0 fully saturated rings. The zero-order chi connectivity index (χ0) is 21.8. The fourth-order valence-electron chi connectivity index (χ4n) is 3.56. The van der Waals surface area contributed by atoms with E-state index in [4.69, 9.17) is 0 Å². The molecule has 0 atom stereocenters. The maximum absolute atomic E-state index is 12.6. The van der Waals surface area contributed by atoms with Crippen LogP contribution in [0.2, 0.25) is 0 Å². The average Bonchev–Trinajstić information content (AvgIpc) is 2.77. The van der Waals surface area contributed by atoms with Crippen molar-refractivity contribution in [2.45, 2.75) is 43.6 Å². The molecule has 0 unspecified atom stereocenters. The molecular formula is C31H40Al2N2O2+4. The van der Waals surface area contributed by atoms with Gasteiger partial charge in [0, 0.05) is 30.9 Å². The van der Waals surface area contributed by atoms with E-state index in [1.54, 1.807) is 12.4 Å². The molecule has 4 aromatic rings. The molecule has 0 radical (unpaired) electrons. The second kappa shape index (κ2) is 17.0. The first kappa shape index (κ1) is 38.9. The standard InChI is InChI=1S/C27H26N2O2.4CH4.2Al/c1-27(2,17-28-15-21-13-11-19-7-3-5-9-23(19)25(21)30)18-29-16-22-14-12-20-8-4-6-10-24(20)26(22)31;;;;;;/h3-16,30-31H,17-18H2,1-2H3;4*1H4;;/q;;;;;2*+3/p-2. The Morgan fingerprint density at radius 3 is 1.32 bits per heavy atom. The zero-order valence-electron chi connectivity index (χ0n) is 18.9. The molecule has 188 valence electrons. The van der Waals surface area contributed by atoms with E-state index >= 15 is 0 Å². The minimum Gasteiger partial charge on any atom is -0.872 e. The van der Waals surface area contributed by atoms with E-state index in [1.165, 1.54) is 0 Å². The van der Waals surface area contributed by atoms with Crippen LogP contribution >= 0.6 is 0 Å². The fraction of sp³-hybridized carbons (Fsp3) is 0.290. The summed E-state index contributed by atoms with van der Waals surface area (Å²) in [7, 11) is 0. The van der Waals surface area contributed by atoms with Crippen LogP contribution in [0.4, 0.5) is 0 Å². The summed E-state index contributed by atoms with van der Waals surface area (Å²) in [4.78, 5) is 9.01. The fourth-order valence-corrected chi connectivity index (χ4v) is 3.56. The van der Waals surface area contributed by atoms with Gasteiger partial charge in [0.1, 0.15) is 0 Å². The molecule has 0 saturated carbocycles. The molecule has 4 nitrogen and oxygen atoms in total. The second-order valence-electron chi connectivity index (χ2n) is 8.51. The van der Waals surface area contributed by atoms with Crippen LogP contribution in [0.25, 0.3) is 21.5 Å². The number of hydrogen-bond donors (Lipinski definition) is 0. The van der Waals surface area contributed by atoms with E-state index in [0.717, 1.165) is 10.8 Å². The molecule has 0 amide bonds. The van der Waals surface area contributed by atoms with Gasteiger partial charge in [0.05, 0.1) is 0 Å². The van der Waals surface area contributed by atoms with E-state index in [-0.39, 0.29) is 81.3 Å². The van der Waals surface area contributed by atoms with Gasteiger partial charge >= 0.3 is 34.7 Å². The minimum absolute atomic E-state index is 0. The molecule has 0 aliphatic heterocycles. The molecule has 0 aliphatic rings. The number of aliphatic imine (C=N–C) groups is 2. The van der Waals surface area contributed by atoms with Crippen LogP contribution in [-0.4, -0.2) is 60.2 Å². The van der Waals surface area contributed by atoms with Crippen LogP contribution in [-0.2, 0) is 0 Å². The Labute approximate surface area is 245 Å². The Morgan fingerprint density at radius 1 is 0.595 bits per heavy atom. The molecule has 0 N–H and O–H groups in total. The quantitative estimate of drug-likeness (QED) is 0.213. The Morgan fingerprint density at radius 2 is 0.946 bits per heavy atom. The van der Waals surface area contributed by atoms with Crippen molar-refractivity contribution in [3.63, 3.8) is 0 Å². The predicted molar refractivity (Wildman–Crippen MR) is 164 cm³/mol. The van der Waals surface area contributed by atoms with E-state index in [1.807, 2.05) is 72.8 Å². The summed E-state index contributed by atoms with van der Waals surface area (Å²) < 4.78 is 0. The maximum atomic E-state index is 12.6. The molecule has 4 rings (SSSR count). The van der Waals surface area contributed by atoms with Crippen molar-refractivity contribution in [2.75, 3.05) is 13.1 Å². The predicted octanol–water partition coefficient (Wildman–Crippen LogP) is 6.49. The van der Waals surface area contributed by atoms with Gasteiger partial charge in [-0.3, -0.25) is 9.98 Å². The van der Waals surface area contributed by atoms with E-state index in [0.29, 0.717) is 35.0 Å². The van der Waals surface area contributed by atoms with Gasteiger partial charge in [-0.25, -0.2) is 0 Å². The number of fused-ring (bicyclic) bond motifs is 2. The van der Waals surface area contributed by atoms with Gasteiger partial charge < -0.3 is 10.2 Å².